The number of benzene rings is 1. The second kappa shape index (κ2) is 9.55. The van der Waals surface area contributed by atoms with Crippen molar-refractivity contribution >= 4 is 27.2 Å². The lowest BCUT2D eigenvalue weighted by Crippen LogP contribution is -2.46. The van der Waals surface area contributed by atoms with Crippen LogP contribution in [0.5, 0.6) is 5.75 Å². The maximum absolute atomic E-state index is 9.81. The zero-order valence-electron chi connectivity index (χ0n) is 18.8. The molecule has 3 aromatic rings. The van der Waals surface area contributed by atoms with Crippen molar-refractivity contribution in [3.8, 4) is 17.0 Å². The zero-order chi connectivity index (χ0) is 21.8. The van der Waals surface area contributed by atoms with Crippen molar-refractivity contribution in [1.82, 2.24) is 9.88 Å². The summed E-state index contributed by atoms with van der Waals surface area (Å²) in [4.78, 5) is 10.0. The van der Waals surface area contributed by atoms with Crippen molar-refractivity contribution in [2.24, 2.45) is 0 Å². The Bertz CT molecular complexity index is 986. The summed E-state index contributed by atoms with van der Waals surface area (Å²) < 4.78 is 7.13. The van der Waals surface area contributed by atoms with Crippen molar-refractivity contribution < 1.29 is 9.84 Å². The van der Waals surface area contributed by atoms with E-state index in [9.17, 15) is 5.11 Å². The number of fused-ring (bicyclic) bond motifs is 1. The molecule has 1 aliphatic rings. The van der Waals surface area contributed by atoms with Crippen molar-refractivity contribution in [2.45, 2.75) is 39.2 Å². The van der Waals surface area contributed by atoms with Gasteiger partial charge in [-0.15, -0.1) is 11.3 Å². The standard InChI is InChI=1S/C25H33N3O2S/c1-4-27-12-14-28(15-13-27)24-21-10-17-31-23(21)18-22(26-24)19-6-8-20(9-7-19)30-16-5-11-25(2,3)29/h6-10,17-18,29H,4-5,11-16H2,1-3H3. The smallest absolute Gasteiger partial charge is 0.138 e. The zero-order valence-corrected chi connectivity index (χ0v) is 19.6. The fraction of sp³-hybridized carbons (Fsp3) is 0.480. The Labute approximate surface area is 189 Å². The summed E-state index contributed by atoms with van der Waals surface area (Å²) in [5, 5.41) is 13.2. The molecule has 0 bridgehead atoms. The number of nitrogens with zero attached hydrogens (tertiary/aromatic N) is 3. The fourth-order valence-electron chi connectivity index (χ4n) is 4.03. The van der Waals surface area contributed by atoms with Crippen molar-refractivity contribution in [3.63, 3.8) is 0 Å². The van der Waals surface area contributed by atoms with E-state index in [4.69, 9.17) is 9.72 Å². The van der Waals surface area contributed by atoms with E-state index in [0.717, 1.165) is 68.4 Å². The maximum Gasteiger partial charge on any atom is 0.138 e. The molecule has 31 heavy (non-hydrogen) atoms. The summed E-state index contributed by atoms with van der Waals surface area (Å²) in [6.45, 7) is 11.8. The Hall–Kier alpha value is -2.15. The van der Waals surface area contributed by atoms with Gasteiger partial charge in [0.05, 0.1) is 17.9 Å². The van der Waals surface area contributed by atoms with Crippen LogP contribution in [0.1, 0.15) is 33.6 Å². The molecular weight excluding hydrogens is 406 g/mol. The van der Waals surface area contributed by atoms with E-state index < -0.39 is 5.60 Å². The quantitative estimate of drug-likeness (QED) is 0.499. The van der Waals surface area contributed by atoms with E-state index >= 15 is 0 Å². The number of aliphatic hydroxyl groups is 1. The Morgan fingerprint density at radius 3 is 2.52 bits per heavy atom. The van der Waals surface area contributed by atoms with E-state index in [1.807, 2.05) is 26.0 Å². The first kappa shape index (κ1) is 22.1. The van der Waals surface area contributed by atoms with E-state index in [1.54, 1.807) is 11.3 Å². The normalized spacial score (nSPS) is 15.5. The Balaban J connectivity index is 1.49. The topological polar surface area (TPSA) is 48.8 Å². The minimum absolute atomic E-state index is 0.608. The minimum atomic E-state index is -0.639. The van der Waals surface area contributed by atoms with Gasteiger partial charge < -0.3 is 19.6 Å². The van der Waals surface area contributed by atoms with E-state index in [0.29, 0.717) is 6.61 Å². The summed E-state index contributed by atoms with van der Waals surface area (Å²) in [5.41, 5.74) is 1.48. The lowest BCUT2D eigenvalue weighted by atomic mass is 10.0. The van der Waals surface area contributed by atoms with Crippen LogP contribution < -0.4 is 9.64 Å². The predicted octanol–water partition coefficient (Wildman–Crippen LogP) is 5.04. The van der Waals surface area contributed by atoms with Crippen LogP contribution in [0.25, 0.3) is 21.3 Å². The van der Waals surface area contributed by atoms with Crippen molar-refractivity contribution in [2.75, 3.05) is 44.2 Å². The molecule has 0 unspecified atom stereocenters. The summed E-state index contributed by atoms with van der Waals surface area (Å²) in [6, 6.07) is 12.6. The SMILES string of the molecule is CCN1CCN(c2nc(-c3ccc(OCCCC(C)(C)O)cc3)cc3sccc23)CC1. The predicted molar refractivity (Wildman–Crippen MR) is 130 cm³/mol. The highest BCUT2D eigenvalue weighted by Crippen LogP contribution is 2.34. The number of anilines is 1. The lowest BCUT2D eigenvalue weighted by Gasteiger charge is -2.35. The molecule has 3 heterocycles. The molecule has 1 aliphatic heterocycles. The van der Waals surface area contributed by atoms with Crippen LogP contribution in [0, 0.1) is 0 Å². The van der Waals surface area contributed by atoms with Gasteiger partial charge in [-0.2, -0.15) is 0 Å². The van der Waals surface area contributed by atoms with Gasteiger partial charge in [0.15, 0.2) is 0 Å². The molecule has 0 aliphatic carbocycles. The van der Waals surface area contributed by atoms with Crippen LogP contribution in [0.4, 0.5) is 5.82 Å². The highest BCUT2D eigenvalue weighted by Gasteiger charge is 2.20. The fourth-order valence-corrected chi connectivity index (χ4v) is 4.85. The van der Waals surface area contributed by atoms with Crippen LogP contribution in [-0.2, 0) is 0 Å². The van der Waals surface area contributed by atoms with Crippen molar-refractivity contribution in [3.05, 3.63) is 41.8 Å². The molecule has 0 radical (unpaired) electrons. The molecule has 4 rings (SSSR count). The summed E-state index contributed by atoms with van der Waals surface area (Å²) in [7, 11) is 0. The molecular formula is C25H33N3O2S. The third kappa shape index (κ3) is 5.56. The summed E-state index contributed by atoms with van der Waals surface area (Å²) in [6.07, 6.45) is 1.56. The van der Waals surface area contributed by atoms with Gasteiger partial charge in [-0.25, -0.2) is 4.98 Å². The molecule has 1 N–H and O–H groups in total. The number of piperazine rings is 1. The summed E-state index contributed by atoms with van der Waals surface area (Å²) in [5.74, 6) is 1.96. The number of ether oxygens (including phenoxy) is 1. The third-order valence-corrected chi connectivity index (χ3v) is 6.76. The average molecular weight is 440 g/mol. The van der Waals surface area contributed by atoms with Crippen LogP contribution in [0.2, 0.25) is 0 Å². The van der Waals surface area contributed by atoms with Gasteiger partial charge in [0.2, 0.25) is 0 Å². The van der Waals surface area contributed by atoms with Gasteiger partial charge in [0.25, 0.3) is 0 Å². The van der Waals surface area contributed by atoms with Gasteiger partial charge in [-0.1, -0.05) is 6.92 Å². The van der Waals surface area contributed by atoms with Crippen LogP contribution in [0.3, 0.4) is 0 Å². The molecule has 0 spiro atoms. The number of thiophene rings is 1. The van der Waals surface area contributed by atoms with E-state index in [-0.39, 0.29) is 0 Å². The van der Waals surface area contributed by atoms with Gasteiger partial charge in [-0.3, -0.25) is 0 Å². The number of likely N-dealkylation sites (N-methyl/N-ethyl adjacent to an activating group) is 1. The maximum atomic E-state index is 9.81. The number of rotatable bonds is 8. The first-order chi connectivity index (χ1) is 14.9. The van der Waals surface area contributed by atoms with Gasteiger partial charge in [-0.05, 0) is 75.0 Å². The van der Waals surface area contributed by atoms with Crippen LogP contribution in [0.15, 0.2) is 41.8 Å². The van der Waals surface area contributed by atoms with Crippen LogP contribution >= 0.6 is 11.3 Å². The minimum Gasteiger partial charge on any atom is -0.494 e. The van der Waals surface area contributed by atoms with Gasteiger partial charge in [0, 0.05) is 41.8 Å². The molecule has 1 aromatic carbocycles. The van der Waals surface area contributed by atoms with Crippen molar-refractivity contribution in [1.29, 1.82) is 0 Å². The molecule has 0 atom stereocenters. The lowest BCUT2D eigenvalue weighted by molar-refractivity contribution is 0.0641. The molecule has 0 saturated carbocycles. The Kier molecular flexibility index (Phi) is 6.80. The molecule has 0 amide bonds. The number of pyridine rings is 1. The summed E-state index contributed by atoms with van der Waals surface area (Å²) >= 11 is 1.78. The van der Waals surface area contributed by atoms with E-state index in [1.165, 1.54) is 10.1 Å². The Morgan fingerprint density at radius 1 is 1.10 bits per heavy atom. The molecule has 5 nitrogen and oxygen atoms in total. The first-order valence-corrected chi connectivity index (χ1v) is 12.1. The second-order valence-electron chi connectivity index (χ2n) is 8.87. The molecule has 2 aromatic heterocycles. The van der Waals surface area contributed by atoms with E-state index in [2.05, 4.69) is 46.4 Å². The molecule has 1 saturated heterocycles. The average Bonchev–Trinajstić information content (AvgIpc) is 3.25. The first-order valence-electron chi connectivity index (χ1n) is 11.2. The number of hydrogen-bond acceptors (Lipinski definition) is 6. The number of aromatic nitrogens is 1. The molecule has 1 fully saturated rings. The highest BCUT2D eigenvalue weighted by molar-refractivity contribution is 7.17. The molecule has 166 valence electrons. The Morgan fingerprint density at radius 2 is 1.84 bits per heavy atom. The van der Waals surface area contributed by atoms with Gasteiger partial charge in [0.1, 0.15) is 11.6 Å². The van der Waals surface area contributed by atoms with Gasteiger partial charge >= 0.3 is 0 Å². The molecule has 6 heteroatoms. The van der Waals surface area contributed by atoms with Crippen LogP contribution in [-0.4, -0.2) is 59.9 Å². The highest BCUT2D eigenvalue weighted by atomic mass is 32.1. The monoisotopic (exact) mass is 439 g/mol. The second-order valence-corrected chi connectivity index (χ2v) is 9.82. The third-order valence-electron chi connectivity index (χ3n) is 5.90. The largest absolute Gasteiger partial charge is 0.494 e. The number of hydrogen-bond donors (Lipinski definition) is 1.